The molecular formula is C51H72O23. The molecule has 0 spiro atoms. The first kappa shape index (κ1) is 56.6. The highest BCUT2D eigenvalue weighted by Crippen LogP contribution is 2.47. The Hall–Kier alpha value is -3.57. The Kier molecular flexibility index (Phi) is 17.2. The van der Waals surface area contributed by atoms with E-state index in [4.69, 9.17) is 52.1 Å². The molecule has 5 fully saturated rings. The summed E-state index contributed by atoms with van der Waals surface area (Å²) in [5.74, 6) is -4.76. The highest BCUT2D eigenvalue weighted by molar-refractivity contribution is 6.38. The lowest BCUT2D eigenvalue weighted by atomic mass is 9.75. The molecule has 20 unspecified atom stereocenters. The second-order valence-corrected chi connectivity index (χ2v) is 21.0. The van der Waals surface area contributed by atoms with E-state index in [1.807, 2.05) is 0 Å². The van der Waals surface area contributed by atoms with E-state index in [0.717, 1.165) is 6.92 Å². The second-order valence-electron chi connectivity index (χ2n) is 21.0. The number of hydrogen-bond acceptors (Lipinski definition) is 23. The summed E-state index contributed by atoms with van der Waals surface area (Å²) in [6, 6.07) is 3.06. The molecule has 9 N–H and O–H groups in total. The van der Waals surface area contributed by atoms with Gasteiger partial charge in [0.2, 0.25) is 12.1 Å². The Morgan fingerprint density at radius 1 is 0.676 bits per heavy atom. The largest absolute Gasteiger partial charge is 0.507 e. The monoisotopic (exact) mass is 1050 g/mol. The van der Waals surface area contributed by atoms with Gasteiger partial charge in [0.05, 0.1) is 71.5 Å². The van der Waals surface area contributed by atoms with E-state index >= 15 is 0 Å². The number of rotatable bonds is 14. The van der Waals surface area contributed by atoms with Gasteiger partial charge in [-0.25, -0.2) is 0 Å². The van der Waals surface area contributed by atoms with Crippen molar-refractivity contribution < 1.29 is 112 Å². The van der Waals surface area contributed by atoms with Crippen molar-refractivity contribution in [3.05, 3.63) is 28.8 Å². The van der Waals surface area contributed by atoms with Gasteiger partial charge in [0.25, 0.3) is 0 Å². The molecule has 2 aromatic rings. The van der Waals surface area contributed by atoms with E-state index in [-0.39, 0.29) is 71.7 Å². The summed E-state index contributed by atoms with van der Waals surface area (Å²) in [5.41, 5.74) is -1.40. The fraction of sp³-hybridized carbons (Fsp3) is 0.745. The molecule has 23 atom stereocenters. The maximum atomic E-state index is 14.9. The number of aliphatic hydroxyl groups excluding tert-OH is 6. The van der Waals surface area contributed by atoms with Crippen LogP contribution in [0, 0.1) is 12.8 Å². The molecule has 6 aliphatic rings. The molecule has 5 aliphatic heterocycles. The summed E-state index contributed by atoms with van der Waals surface area (Å²) in [6.07, 6.45) is -23.0. The van der Waals surface area contributed by atoms with Crippen LogP contribution in [-0.4, -0.2) is 205 Å². The first-order valence-electron chi connectivity index (χ1n) is 25.3. The van der Waals surface area contributed by atoms with E-state index < -0.39 is 169 Å². The molecule has 5 heterocycles. The van der Waals surface area contributed by atoms with Crippen molar-refractivity contribution >= 4 is 28.1 Å². The number of ether oxygens (including phenoxy) is 11. The molecule has 1 aliphatic carbocycles. The van der Waals surface area contributed by atoms with Gasteiger partial charge >= 0.3 is 0 Å². The van der Waals surface area contributed by atoms with Gasteiger partial charge in [0.1, 0.15) is 60.0 Å². The molecule has 0 amide bonds. The number of methoxy groups -OCH3 is 1. The smallest absolute Gasteiger partial charge is 0.227 e. The fourth-order valence-electron chi connectivity index (χ4n) is 11.1. The predicted molar refractivity (Wildman–Crippen MR) is 252 cm³/mol. The minimum absolute atomic E-state index is 0.0247. The molecule has 23 nitrogen and oxygen atoms in total. The van der Waals surface area contributed by atoms with E-state index in [1.165, 1.54) is 33.1 Å². The molecule has 5 saturated heterocycles. The van der Waals surface area contributed by atoms with E-state index in [1.54, 1.807) is 34.6 Å². The Morgan fingerprint density at radius 3 is 1.69 bits per heavy atom. The Morgan fingerprint density at radius 2 is 1.16 bits per heavy atom. The van der Waals surface area contributed by atoms with Gasteiger partial charge in [-0.3, -0.25) is 14.4 Å². The minimum Gasteiger partial charge on any atom is -0.507 e. The summed E-state index contributed by atoms with van der Waals surface area (Å²) in [6.45, 7) is 12.0. The average molecular weight is 1050 g/mol. The highest BCUT2D eigenvalue weighted by Gasteiger charge is 2.51. The zero-order chi connectivity index (χ0) is 54.0. The van der Waals surface area contributed by atoms with Crippen LogP contribution in [0.15, 0.2) is 12.1 Å². The summed E-state index contributed by atoms with van der Waals surface area (Å²) < 4.78 is 66.4. The van der Waals surface area contributed by atoms with Crippen molar-refractivity contribution in [1.82, 2.24) is 0 Å². The zero-order valence-electron chi connectivity index (χ0n) is 42.8. The summed E-state index contributed by atoms with van der Waals surface area (Å²) in [4.78, 5) is 41.1. The van der Waals surface area contributed by atoms with E-state index in [9.17, 15) is 60.3 Å². The third-order valence-corrected chi connectivity index (χ3v) is 15.5. The Balaban J connectivity index is 1.03. The quantitative estimate of drug-likeness (QED) is 0.117. The summed E-state index contributed by atoms with van der Waals surface area (Å²) in [7, 11) is 1.20. The number of carbonyl (C=O) groups is 3. The number of fused-ring (bicyclic) bond motifs is 2. The van der Waals surface area contributed by atoms with Crippen molar-refractivity contribution in [3.63, 3.8) is 0 Å². The number of phenolic OH excluding ortho intramolecular Hbond substituents is 2. The van der Waals surface area contributed by atoms with Crippen molar-refractivity contribution in [2.75, 3.05) is 7.11 Å². The van der Waals surface area contributed by atoms with E-state index in [2.05, 4.69) is 0 Å². The fourth-order valence-corrected chi connectivity index (χ4v) is 11.1. The molecule has 8 rings (SSSR count). The van der Waals surface area contributed by atoms with Crippen LogP contribution >= 0.6 is 0 Å². The molecule has 0 aromatic heterocycles. The lowest BCUT2D eigenvalue weighted by Gasteiger charge is -2.46. The zero-order valence-corrected chi connectivity index (χ0v) is 42.8. The van der Waals surface area contributed by atoms with Gasteiger partial charge in [-0.2, -0.15) is 0 Å². The molecular weight excluding hydrogens is 981 g/mol. The van der Waals surface area contributed by atoms with Crippen LogP contribution in [0.2, 0.25) is 0 Å². The third kappa shape index (κ3) is 11.4. The van der Waals surface area contributed by atoms with Gasteiger partial charge < -0.3 is 98.1 Å². The van der Waals surface area contributed by atoms with Gasteiger partial charge in [-0.05, 0) is 78.0 Å². The van der Waals surface area contributed by atoms with Crippen molar-refractivity contribution in [1.29, 1.82) is 0 Å². The molecule has 23 heteroatoms. The SMILES string of the molecule is CO[C@H](C(=O)C(C)=O)[C@@H]1Cc2cc3cc(OC4CC(OC5CC(O)C(O)C(C)O5)C(O)C(C)O4)c(C)c(O)c3c(O)c2C(=O)[C@H]1OC1CC(OC2CC(OC3CC(C)(O)C(O)C(C)O3)C(O)C(C)O2)C(O)C(C)O1. The third-order valence-electron chi connectivity index (χ3n) is 15.5. The van der Waals surface area contributed by atoms with Crippen LogP contribution in [0.3, 0.4) is 0 Å². The van der Waals surface area contributed by atoms with E-state index in [0.29, 0.717) is 0 Å². The highest BCUT2D eigenvalue weighted by atomic mass is 16.7. The number of aromatic hydroxyl groups is 2. The van der Waals surface area contributed by atoms with Gasteiger partial charge in [0.15, 0.2) is 36.7 Å². The molecule has 2 aromatic carbocycles. The van der Waals surface area contributed by atoms with Crippen LogP contribution in [0.4, 0.5) is 0 Å². The van der Waals surface area contributed by atoms with Crippen molar-refractivity contribution in [2.24, 2.45) is 5.92 Å². The van der Waals surface area contributed by atoms with Gasteiger partial charge in [-0.1, -0.05) is 0 Å². The van der Waals surface area contributed by atoms with Crippen LogP contribution in [-0.2, 0) is 63.4 Å². The van der Waals surface area contributed by atoms with Crippen molar-refractivity contribution in [3.8, 4) is 17.2 Å². The number of ketones is 3. The second kappa shape index (κ2) is 22.4. The van der Waals surface area contributed by atoms with Crippen LogP contribution in [0.5, 0.6) is 17.2 Å². The topological polar surface area (TPSA) is 335 Å². The average Bonchev–Trinajstić information content (AvgIpc) is 3.32. The minimum atomic E-state index is -1.61. The van der Waals surface area contributed by atoms with Crippen molar-refractivity contribution in [2.45, 2.75) is 229 Å². The first-order valence-corrected chi connectivity index (χ1v) is 25.3. The maximum absolute atomic E-state index is 14.9. The predicted octanol–water partition coefficient (Wildman–Crippen LogP) is 0.598. The maximum Gasteiger partial charge on any atom is 0.227 e. The van der Waals surface area contributed by atoms with Gasteiger partial charge in [0, 0.05) is 57.6 Å². The Labute approximate surface area is 427 Å². The van der Waals surface area contributed by atoms with Crippen LogP contribution in [0.1, 0.15) is 102 Å². The first-order chi connectivity index (χ1) is 34.8. The van der Waals surface area contributed by atoms with Crippen LogP contribution in [0.25, 0.3) is 10.8 Å². The van der Waals surface area contributed by atoms with Gasteiger partial charge in [-0.15, -0.1) is 0 Å². The lowest BCUT2D eigenvalue weighted by Crippen LogP contribution is -2.58. The number of benzene rings is 2. The molecule has 414 valence electrons. The molecule has 0 radical (unpaired) electrons. The molecule has 0 saturated carbocycles. The number of phenols is 2. The molecule has 0 bridgehead atoms. The number of hydrogen-bond donors (Lipinski definition) is 9. The molecule has 74 heavy (non-hydrogen) atoms. The summed E-state index contributed by atoms with van der Waals surface area (Å²) in [5, 5.41) is 98.9. The number of aliphatic hydroxyl groups is 7. The van der Waals surface area contributed by atoms with Crippen LogP contribution < -0.4 is 4.74 Å². The Bertz CT molecular complexity index is 2350. The standard InChI is InChI=1S/C51H72O23/c1-18-29(70-34-14-30(43(57)21(4)66-34)71-33-13-28(53)42(56)20(3)65-33)12-26-10-25-11-27(48(64-9)41(55)19(2)52)49(47(61)39(25)46(60)38(26)40(18)54)74-36-16-31(44(58)23(6)68-36)72-35-15-32(45(59)22(5)67-35)73-37-17-51(8,63)50(62)24(7)69-37/h10,12,20-24,27-28,30-37,42-45,48-50,53-54,56-60,62-63H,11,13-17H2,1-9H3/t20?,21?,22?,23?,24?,27-,28?,30?,31?,32?,33?,34?,35?,36?,37?,42?,43?,44?,45?,48-,49-,50?,51?/m0/s1. The number of carbonyl (C=O) groups excluding carboxylic acids is 3. The normalized spacial score (nSPS) is 42.4. The summed E-state index contributed by atoms with van der Waals surface area (Å²) >= 11 is 0. The number of Topliss-reactive ketones (excluding diaryl/α,β-unsaturated/α-hetero) is 3. The lowest BCUT2D eigenvalue weighted by molar-refractivity contribution is -0.334.